The molecule has 2 unspecified atom stereocenters. The topological polar surface area (TPSA) is 17.1 Å². The van der Waals surface area contributed by atoms with Gasteiger partial charge < -0.3 is 0 Å². The Labute approximate surface area is 129 Å². The van der Waals surface area contributed by atoms with Crippen LogP contribution in [-0.2, 0) is 4.79 Å². The van der Waals surface area contributed by atoms with Crippen LogP contribution < -0.4 is 0 Å². The molecule has 3 rings (SSSR count). The summed E-state index contributed by atoms with van der Waals surface area (Å²) in [5, 5.41) is 0. The average Bonchev–Trinajstić information content (AvgIpc) is 3.34. The van der Waals surface area contributed by atoms with E-state index >= 15 is 0 Å². The van der Waals surface area contributed by atoms with Gasteiger partial charge in [-0.05, 0) is 30.3 Å². The van der Waals surface area contributed by atoms with Crippen molar-refractivity contribution in [1.29, 1.82) is 0 Å². The highest BCUT2D eigenvalue weighted by Gasteiger charge is 2.35. The van der Waals surface area contributed by atoms with Crippen molar-refractivity contribution in [2.24, 2.45) is 11.8 Å². The zero-order valence-electron chi connectivity index (χ0n) is 13.8. The molecule has 0 aromatic heterocycles. The van der Waals surface area contributed by atoms with Crippen LogP contribution in [0.5, 0.6) is 0 Å². The monoisotopic (exact) mass is 284 g/mol. The number of carbonyl (C=O) groups excluding carboxylic acids is 1. The molecule has 0 N–H and O–H groups in total. The van der Waals surface area contributed by atoms with E-state index < -0.39 is 0 Å². The molecule has 0 amide bonds. The molecule has 0 spiro atoms. The summed E-state index contributed by atoms with van der Waals surface area (Å²) in [5.74, 6) is 1.72. The molecule has 3 aliphatic rings. The molecule has 0 aromatic rings. The van der Waals surface area contributed by atoms with Gasteiger partial charge in [-0.2, -0.15) is 0 Å². The lowest BCUT2D eigenvalue weighted by Crippen LogP contribution is -2.02. The number of fused-ring (bicyclic) bond motifs is 1. The second-order valence-electron chi connectivity index (χ2n) is 4.95. The summed E-state index contributed by atoms with van der Waals surface area (Å²) < 4.78 is 0. The lowest BCUT2D eigenvalue weighted by Gasteiger charge is -2.06. The van der Waals surface area contributed by atoms with E-state index in [0.29, 0.717) is 6.42 Å². The molecule has 0 radical (unpaired) electrons. The van der Waals surface area contributed by atoms with Crippen LogP contribution in [0.4, 0.5) is 0 Å². The molecule has 2 atom stereocenters. The molecule has 0 aromatic carbocycles. The van der Waals surface area contributed by atoms with Gasteiger partial charge in [0.05, 0.1) is 0 Å². The maximum absolute atomic E-state index is 12.1. The fourth-order valence-corrected chi connectivity index (χ4v) is 2.40. The maximum atomic E-state index is 12.1. The van der Waals surface area contributed by atoms with Crippen molar-refractivity contribution in [3.8, 4) is 0 Å². The SMILES string of the molecule is CC.CC.O=C(CC1=CC2CC2C=C1)C1=CC=CCC=C1. The van der Waals surface area contributed by atoms with Gasteiger partial charge in [-0.3, -0.25) is 4.79 Å². The first-order chi connectivity index (χ1) is 10.3. The van der Waals surface area contributed by atoms with Crippen molar-refractivity contribution in [2.45, 2.75) is 47.0 Å². The molecule has 0 heterocycles. The molecule has 114 valence electrons. The van der Waals surface area contributed by atoms with Crippen molar-refractivity contribution in [2.75, 3.05) is 0 Å². The molecule has 0 saturated heterocycles. The van der Waals surface area contributed by atoms with E-state index in [2.05, 4.69) is 24.3 Å². The van der Waals surface area contributed by atoms with Crippen LogP contribution in [0.25, 0.3) is 0 Å². The molecule has 0 aliphatic heterocycles. The fraction of sp³-hybridized carbons (Fsp3) is 0.450. The highest BCUT2D eigenvalue weighted by molar-refractivity contribution is 6.00. The number of Topliss-reactive ketones (excluding diaryl/α,β-unsaturated/α-hetero) is 1. The van der Waals surface area contributed by atoms with E-state index in [9.17, 15) is 4.79 Å². The van der Waals surface area contributed by atoms with Gasteiger partial charge >= 0.3 is 0 Å². The second kappa shape index (κ2) is 9.33. The van der Waals surface area contributed by atoms with Crippen molar-refractivity contribution in [3.05, 3.63) is 59.8 Å². The van der Waals surface area contributed by atoms with E-state index in [4.69, 9.17) is 0 Å². The molecule has 1 nitrogen and oxygen atoms in total. The lowest BCUT2D eigenvalue weighted by molar-refractivity contribution is -0.114. The van der Waals surface area contributed by atoms with Gasteiger partial charge in [-0.15, -0.1) is 0 Å². The minimum Gasteiger partial charge on any atom is -0.294 e. The Balaban J connectivity index is 0.000000510. The van der Waals surface area contributed by atoms with Gasteiger partial charge in [-0.25, -0.2) is 0 Å². The van der Waals surface area contributed by atoms with Crippen LogP contribution in [-0.4, -0.2) is 5.78 Å². The Hall–Kier alpha value is -1.63. The van der Waals surface area contributed by atoms with E-state index in [-0.39, 0.29) is 5.78 Å². The molecule has 1 heteroatoms. The average molecular weight is 284 g/mol. The number of ketones is 1. The van der Waals surface area contributed by atoms with Crippen LogP contribution in [0, 0.1) is 11.8 Å². The molecule has 21 heavy (non-hydrogen) atoms. The van der Waals surface area contributed by atoms with Gasteiger partial charge in [-0.1, -0.05) is 76.3 Å². The van der Waals surface area contributed by atoms with E-state index in [1.807, 2.05) is 52.0 Å². The standard InChI is InChI=1S/C16H16O.2C2H6/c17-16(13-5-3-1-2-4-6-13)10-12-7-8-14-11-15(14)9-12;2*1-2/h1,3-9,14-15H,2,10-11H2;2*1-2H3. The van der Waals surface area contributed by atoms with Crippen LogP contribution in [0.15, 0.2) is 59.8 Å². The van der Waals surface area contributed by atoms with Gasteiger partial charge in [0.2, 0.25) is 0 Å². The van der Waals surface area contributed by atoms with Crippen LogP contribution in [0.3, 0.4) is 0 Å². The lowest BCUT2D eigenvalue weighted by atomic mass is 9.98. The third-order valence-electron chi connectivity index (χ3n) is 3.54. The summed E-state index contributed by atoms with van der Waals surface area (Å²) in [6, 6.07) is 0. The summed E-state index contributed by atoms with van der Waals surface area (Å²) >= 11 is 0. The first-order valence-corrected chi connectivity index (χ1v) is 8.28. The van der Waals surface area contributed by atoms with Crippen molar-refractivity contribution in [1.82, 2.24) is 0 Å². The predicted octanol–water partition coefficient (Wildman–Crippen LogP) is 5.57. The zero-order valence-corrected chi connectivity index (χ0v) is 13.8. The maximum Gasteiger partial charge on any atom is 0.167 e. The van der Waals surface area contributed by atoms with Gasteiger partial charge in [0.15, 0.2) is 5.78 Å². The van der Waals surface area contributed by atoms with Gasteiger partial charge in [0.1, 0.15) is 0 Å². The highest BCUT2D eigenvalue weighted by Crippen LogP contribution is 2.44. The minimum absolute atomic E-state index is 0.225. The van der Waals surface area contributed by atoms with E-state index in [1.54, 1.807) is 0 Å². The summed E-state index contributed by atoms with van der Waals surface area (Å²) in [7, 11) is 0. The summed E-state index contributed by atoms with van der Waals surface area (Å²) in [6.45, 7) is 8.00. The number of allylic oxidation sites excluding steroid dienone is 10. The van der Waals surface area contributed by atoms with Crippen LogP contribution >= 0.6 is 0 Å². The van der Waals surface area contributed by atoms with E-state index in [1.165, 1.54) is 12.0 Å². The predicted molar refractivity (Wildman–Crippen MR) is 92.1 cm³/mol. The van der Waals surface area contributed by atoms with E-state index in [0.717, 1.165) is 23.8 Å². The first kappa shape index (κ1) is 17.4. The Morgan fingerprint density at radius 3 is 2.57 bits per heavy atom. The Kier molecular flexibility index (Phi) is 7.74. The summed E-state index contributed by atoms with van der Waals surface area (Å²) in [5.41, 5.74) is 2.02. The van der Waals surface area contributed by atoms with Crippen molar-refractivity contribution >= 4 is 5.78 Å². The number of hydrogen-bond acceptors (Lipinski definition) is 1. The third-order valence-corrected chi connectivity index (χ3v) is 3.54. The number of carbonyl (C=O) groups is 1. The largest absolute Gasteiger partial charge is 0.294 e. The zero-order chi connectivity index (χ0) is 15.7. The second-order valence-corrected chi connectivity index (χ2v) is 4.95. The highest BCUT2D eigenvalue weighted by atomic mass is 16.1. The third kappa shape index (κ3) is 5.34. The fourth-order valence-electron chi connectivity index (χ4n) is 2.40. The molecule has 3 aliphatic carbocycles. The van der Waals surface area contributed by atoms with Gasteiger partial charge in [0, 0.05) is 12.0 Å². The Morgan fingerprint density at radius 2 is 1.86 bits per heavy atom. The molecular formula is C20H28O. The molecular weight excluding hydrogens is 256 g/mol. The smallest absolute Gasteiger partial charge is 0.167 e. The van der Waals surface area contributed by atoms with Gasteiger partial charge in [0.25, 0.3) is 0 Å². The quantitative estimate of drug-likeness (QED) is 0.662. The number of rotatable bonds is 3. The Bertz CT molecular complexity index is 486. The van der Waals surface area contributed by atoms with Crippen molar-refractivity contribution in [3.63, 3.8) is 0 Å². The summed E-state index contributed by atoms with van der Waals surface area (Å²) in [6.07, 6.45) is 19.3. The molecule has 0 bridgehead atoms. The molecule has 1 fully saturated rings. The van der Waals surface area contributed by atoms with Crippen LogP contribution in [0.2, 0.25) is 0 Å². The van der Waals surface area contributed by atoms with Crippen LogP contribution in [0.1, 0.15) is 47.0 Å². The number of hydrogen-bond donors (Lipinski definition) is 0. The Morgan fingerprint density at radius 1 is 1.10 bits per heavy atom. The minimum atomic E-state index is 0.225. The summed E-state index contributed by atoms with van der Waals surface area (Å²) in [4.78, 5) is 12.1. The van der Waals surface area contributed by atoms with Crippen molar-refractivity contribution < 1.29 is 4.79 Å². The normalized spacial score (nSPS) is 24.2. The first-order valence-electron chi connectivity index (χ1n) is 8.28. The molecule has 1 saturated carbocycles.